The summed E-state index contributed by atoms with van der Waals surface area (Å²) in [7, 11) is 0. The Bertz CT molecular complexity index is 952. The molecule has 1 aliphatic rings. The van der Waals surface area contributed by atoms with E-state index in [4.69, 9.17) is 4.74 Å². The molecule has 1 fully saturated rings. The van der Waals surface area contributed by atoms with Crippen molar-refractivity contribution in [3.8, 4) is 0 Å². The highest BCUT2D eigenvalue weighted by atomic mass is 19.1. The Hall–Kier alpha value is -2.73. The zero-order chi connectivity index (χ0) is 18.8. The first-order chi connectivity index (χ1) is 13.1. The topological polar surface area (TPSA) is 56.1 Å². The standard InChI is InChI=1S/C21H22FN3O2/c1-14-13-27-10-8-18(14)24-21(26)17-12-25(19-3-2-9-23-20(17)19)11-15-4-6-16(22)7-5-15/h2-7,9,12,14,18H,8,10-11,13H2,1H3,(H,24,26). The Balaban J connectivity index is 1.63. The van der Waals surface area contributed by atoms with Crippen LogP contribution in [0.3, 0.4) is 0 Å². The number of carbonyl (C=O) groups excluding carboxylic acids is 1. The van der Waals surface area contributed by atoms with Gasteiger partial charge in [0.05, 0.1) is 17.7 Å². The van der Waals surface area contributed by atoms with Gasteiger partial charge >= 0.3 is 0 Å². The fourth-order valence-electron chi connectivity index (χ4n) is 3.55. The number of aromatic nitrogens is 2. The van der Waals surface area contributed by atoms with Gasteiger partial charge in [0.1, 0.15) is 11.3 Å². The number of fused-ring (bicyclic) bond motifs is 1. The molecular formula is C21H22FN3O2. The molecule has 1 saturated heterocycles. The van der Waals surface area contributed by atoms with Crippen LogP contribution in [-0.2, 0) is 11.3 Å². The van der Waals surface area contributed by atoms with Gasteiger partial charge in [-0.3, -0.25) is 9.78 Å². The number of nitrogens with zero attached hydrogens (tertiary/aromatic N) is 2. The lowest BCUT2D eigenvalue weighted by atomic mass is 9.97. The lowest BCUT2D eigenvalue weighted by Crippen LogP contribution is -2.44. The van der Waals surface area contributed by atoms with Crippen molar-refractivity contribution in [2.75, 3.05) is 13.2 Å². The van der Waals surface area contributed by atoms with Gasteiger partial charge in [0.25, 0.3) is 5.91 Å². The summed E-state index contributed by atoms with van der Waals surface area (Å²) < 4.78 is 20.6. The van der Waals surface area contributed by atoms with E-state index in [-0.39, 0.29) is 23.7 Å². The molecule has 0 radical (unpaired) electrons. The first-order valence-corrected chi connectivity index (χ1v) is 9.19. The van der Waals surface area contributed by atoms with E-state index in [0.717, 1.165) is 17.5 Å². The molecule has 2 unspecified atom stereocenters. The molecular weight excluding hydrogens is 345 g/mol. The fourth-order valence-corrected chi connectivity index (χ4v) is 3.55. The van der Waals surface area contributed by atoms with Gasteiger partial charge in [0.2, 0.25) is 0 Å². The monoisotopic (exact) mass is 367 g/mol. The van der Waals surface area contributed by atoms with Gasteiger partial charge in [-0.15, -0.1) is 0 Å². The van der Waals surface area contributed by atoms with Gasteiger partial charge in [-0.1, -0.05) is 19.1 Å². The number of pyridine rings is 1. The summed E-state index contributed by atoms with van der Waals surface area (Å²) in [4.78, 5) is 17.4. The largest absolute Gasteiger partial charge is 0.381 e. The number of hydrogen-bond acceptors (Lipinski definition) is 3. The molecule has 0 spiro atoms. The quantitative estimate of drug-likeness (QED) is 0.769. The zero-order valence-electron chi connectivity index (χ0n) is 15.2. The van der Waals surface area contributed by atoms with Gasteiger partial charge in [0, 0.05) is 31.6 Å². The van der Waals surface area contributed by atoms with Crippen LogP contribution in [0.5, 0.6) is 0 Å². The number of nitrogens with one attached hydrogen (secondary N) is 1. The van der Waals surface area contributed by atoms with E-state index in [1.165, 1.54) is 12.1 Å². The van der Waals surface area contributed by atoms with E-state index in [0.29, 0.717) is 30.8 Å². The summed E-state index contributed by atoms with van der Waals surface area (Å²) in [6.07, 6.45) is 4.34. The second kappa shape index (κ2) is 7.48. The average molecular weight is 367 g/mol. The highest BCUT2D eigenvalue weighted by Gasteiger charge is 2.25. The van der Waals surface area contributed by atoms with Crippen molar-refractivity contribution in [3.63, 3.8) is 0 Å². The lowest BCUT2D eigenvalue weighted by molar-refractivity contribution is 0.0375. The van der Waals surface area contributed by atoms with Crippen molar-refractivity contribution < 1.29 is 13.9 Å². The zero-order valence-corrected chi connectivity index (χ0v) is 15.2. The summed E-state index contributed by atoms with van der Waals surface area (Å²) in [6, 6.07) is 10.3. The van der Waals surface area contributed by atoms with Crippen molar-refractivity contribution in [1.29, 1.82) is 0 Å². The maximum Gasteiger partial charge on any atom is 0.255 e. The predicted octanol–water partition coefficient (Wildman–Crippen LogP) is 3.38. The molecule has 5 nitrogen and oxygen atoms in total. The molecule has 6 heteroatoms. The van der Waals surface area contributed by atoms with E-state index in [1.54, 1.807) is 18.3 Å². The third-order valence-electron chi connectivity index (χ3n) is 5.10. The highest BCUT2D eigenvalue weighted by molar-refractivity contribution is 6.05. The second-order valence-corrected chi connectivity index (χ2v) is 7.09. The van der Waals surface area contributed by atoms with Crippen molar-refractivity contribution in [1.82, 2.24) is 14.9 Å². The molecule has 2 aromatic heterocycles. The number of halogens is 1. The minimum atomic E-state index is -0.261. The molecule has 0 bridgehead atoms. The van der Waals surface area contributed by atoms with Gasteiger partial charge in [-0.2, -0.15) is 0 Å². The second-order valence-electron chi connectivity index (χ2n) is 7.09. The first-order valence-electron chi connectivity index (χ1n) is 9.19. The Morgan fingerprint density at radius 3 is 2.93 bits per heavy atom. The van der Waals surface area contributed by atoms with E-state index in [9.17, 15) is 9.18 Å². The maximum atomic E-state index is 13.2. The van der Waals surface area contributed by atoms with E-state index in [2.05, 4.69) is 17.2 Å². The summed E-state index contributed by atoms with van der Waals surface area (Å²) in [6.45, 7) is 3.96. The van der Waals surface area contributed by atoms with E-state index in [1.807, 2.05) is 22.9 Å². The number of amides is 1. The van der Waals surface area contributed by atoms with Crippen LogP contribution in [0.25, 0.3) is 11.0 Å². The van der Waals surface area contributed by atoms with Crippen LogP contribution in [0.1, 0.15) is 29.3 Å². The van der Waals surface area contributed by atoms with E-state index >= 15 is 0 Å². The fraction of sp³-hybridized carbons (Fsp3) is 0.333. The number of carbonyl (C=O) groups is 1. The number of rotatable bonds is 4. The summed E-state index contributed by atoms with van der Waals surface area (Å²) >= 11 is 0. The van der Waals surface area contributed by atoms with Crippen LogP contribution >= 0.6 is 0 Å². The SMILES string of the molecule is CC1COCCC1NC(=O)c1cn(Cc2ccc(F)cc2)c2cccnc12. The number of benzene rings is 1. The molecule has 1 N–H and O–H groups in total. The summed E-state index contributed by atoms with van der Waals surface area (Å²) in [5.41, 5.74) is 3.08. The molecule has 140 valence electrons. The lowest BCUT2D eigenvalue weighted by Gasteiger charge is -2.29. The third kappa shape index (κ3) is 3.71. The van der Waals surface area contributed by atoms with Crippen molar-refractivity contribution in [2.24, 2.45) is 5.92 Å². The van der Waals surface area contributed by atoms with Gasteiger partial charge < -0.3 is 14.6 Å². The molecule has 3 heterocycles. The molecule has 1 aromatic carbocycles. The van der Waals surface area contributed by atoms with Crippen LogP contribution in [0.4, 0.5) is 4.39 Å². The van der Waals surface area contributed by atoms with Crippen LogP contribution < -0.4 is 5.32 Å². The normalized spacial score (nSPS) is 19.9. The van der Waals surface area contributed by atoms with Gasteiger partial charge in [-0.05, 0) is 42.2 Å². The van der Waals surface area contributed by atoms with Crippen LogP contribution in [0, 0.1) is 11.7 Å². The Morgan fingerprint density at radius 1 is 1.33 bits per heavy atom. The highest BCUT2D eigenvalue weighted by Crippen LogP contribution is 2.22. The molecule has 2 atom stereocenters. The minimum absolute atomic E-state index is 0.102. The Kier molecular flexibility index (Phi) is 4.90. The Morgan fingerprint density at radius 2 is 2.15 bits per heavy atom. The smallest absolute Gasteiger partial charge is 0.255 e. The van der Waals surface area contributed by atoms with Crippen LogP contribution in [0.2, 0.25) is 0 Å². The number of hydrogen-bond donors (Lipinski definition) is 1. The maximum absolute atomic E-state index is 13.2. The molecule has 4 rings (SSSR count). The summed E-state index contributed by atoms with van der Waals surface area (Å²) in [5, 5.41) is 3.14. The van der Waals surface area contributed by atoms with E-state index < -0.39 is 0 Å². The average Bonchev–Trinajstić information content (AvgIpc) is 3.04. The first kappa shape index (κ1) is 17.7. The molecule has 3 aromatic rings. The molecule has 1 amide bonds. The minimum Gasteiger partial charge on any atom is -0.381 e. The molecule has 0 saturated carbocycles. The van der Waals surface area contributed by atoms with Crippen LogP contribution in [0.15, 0.2) is 48.8 Å². The Labute approximate surface area is 157 Å². The summed E-state index contributed by atoms with van der Waals surface area (Å²) in [5.74, 6) is -0.0954. The van der Waals surface area contributed by atoms with Crippen LogP contribution in [-0.4, -0.2) is 34.7 Å². The third-order valence-corrected chi connectivity index (χ3v) is 5.10. The van der Waals surface area contributed by atoms with Crippen molar-refractivity contribution >= 4 is 16.9 Å². The van der Waals surface area contributed by atoms with Crippen molar-refractivity contribution in [3.05, 3.63) is 65.7 Å². The number of ether oxygens (including phenoxy) is 1. The predicted molar refractivity (Wildman–Crippen MR) is 101 cm³/mol. The molecule has 0 aliphatic carbocycles. The van der Waals surface area contributed by atoms with Crippen molar-refractivity contribution in [2.45, 2.75) is 25.9 Å². The van der Waals surface area contributed by atoms with Gasteiger partial charge in [0.15, 0.2) is 0 Å². The molecule has 27 heavy (non-hydrogen) atoms. The van der Waals surface area contributed by atoms with Gasteiger partial charge in [-0.25, -0.2) is 4.39 Å². The molecule has 1 aliphatic heterocycles.